The van der Waals surface area contributed by atoms with Gasteiger partial charge in [-0.15, -0.1) is 0 Å². The molecule has 0 heterocycles. The summed E-state index contributed by atoms with van der Waals surface area (Å²) in [7, 11) is 0. The van der Waals surface area contributed by atoms with Crippen LogP contribution in [0, 0.1) is 0 Å². The summed E-state index contributed by atoms with van der Waals surface area (Å²) in [6.07, 6.45) is 0.784. The van der Waals surface area contributed by atoms with Crippen molar-refractivity contribution in [1.29, 1.82) is 0 Å². The van der Waals surface area contributed by atoms with Crippen LogP contribution in [0.3, 0.4) is 0 Å². The zero-order valence-electron chi connectivity index (χ0n) is 16.8. The number of rotatable bonds is 10. The number of benzene rings is 2. The molecule has 27 heavy (non-hydrogen) atoms. The zero-order chi connectivity index (χ0) is 19.8. The molecule has 0 amide bonds. The van der Waals surface area contributed by atoms with Crippen LogP contribution in [-0.4, -0.2) is 24.7 Å². The molecule has 0 spiro atoms. The van der Waals surface area contributed by atoms with Gasteiger partial charge in [-0.3, -0.25) is 10.1 Å². The number of esters is 1. The van der Waals surface area contributed by atoms with Gasteiger partial charge in [-0.2, -0.15) is 0 Å². The summed E-state index contributed by atoms with van der Waals surface area (Å²) in [5, 5.41) is 3.71. The molecule has 1 atom stereocenters. The topological polar surface area (TPSA) is 47.6 Å². The summed E-state index contributed by atoms with van der Waals surface area (Å²) in [5.41, 5.74) is 1.48. The highest BCUT2D eigenvalue weighted by atomic mass is 16.5. The van der Waals surface area contributed by atoms with E-state index in [4.69, 9.17) is 9.47 Å². The van der Waals surface area contributed by atoms with Crippen LogP contribution in [0.1, 0.15) is 45.2 Å². The van der Waals surface area contributed by atoms with Crippen LogP contribution in [0.4, 0.5) is 0 Å². The van der Waals surface area contributed by atoms with Gasteiger partial charge < -0.3 is 9.47 Å². The van der Waals surface area contributed by atoms with Crippen LogP contribution < -0.4 is 5.32 Å². The molecule has 0 radical (unpaired) electrons. The van der Waals surface area contributed by atoms with Crippen molar-refractivity contribution in [3.05, 3.63) is 71.8 Å². The van der Waals surface area contributed by atoms with Gasteiger partial charge in [0.25, 0.3) is 0 Å². The maximum Gasteiger partial charge on any atom is 0.302 e. The van der Waals surface area contributed by atoms with Crippen LogP contribution >= 0.6 is 0 Å². The maximum atomic E-state index is 11.5. The molecule has 146 valence electrons. The third kappa shape index (κ3) is 6.49. The molecular formula is C23H31NO3. The zero-order valence-corrected chi connectivity index (χ0v) is 16.8. The summed E-state index contributed by atoms with van der Waals surface area (Å²) in [6, 6.07) is 20.3. The fourth-order valence-electron chi connectivity index (χ4n) is 3.25. The molecule has 0 aliphatic heterocycles. The highest BCUT2D eigenvalue weighted by Gasteiger charge is 2.37. The molecule has 0 saturated carbocycles. The lowest BCUT2D eigenvalue weighted by Crippen LogP contribution is -2.57. The molecule has 0 aliphatic rings. The van der Waals surface area contributed by atoms with Crippen molar-refractivity contribution < 1.29 is 14.3 Å². The summed E-state index contributed by atoms with van der Waals surface area (Å²) in [6.45, 7) is 9.16. The standard InChI is InChI=1S/C23H31NO3/c1-5-23(18-27-19(2)25,21-14-10-7-11-15-21)24-22(3,4)17-26-16-20-12-8-6-9-13-20/h6-15,24H,5,16-18H2,1-4H3. The molecule has 1 unspecified atom stereocenters. The van der Waals surface area contributed by atoms with Crippen LogP contribution in [0.25, 0.3) is 0 Å². The molecule has 0 aliphatic carbocycles. The minimum absolute atomic E-state index is 0.274. The average molecular weight is 370 g/mol. The number of hydrogen-bond donors (Lipinski definition) is 1. The third-order valence-electron chi connectivity index (χ3n) is 4.60. The van der Waals surface area contributed by atoms with E-state index in [-0.39, 0.29) is 18.1 Å². The van der Waals surface area contributed by atoms with E-state index < -0.39 is 5.54 Å². The number of hydrogen-bond acceptors (Lipinski definition) is 4. The van der Waals surface area contributed by atoms with Crippen molar-refractivity contribution in [2.24, 2.45) is 0 Å². The van der Waals surface area contributed by atoms with E-state index in [0.717, 1.165) is 17.5 Å². The summed E-state index contributed by atoms with van der Waals surface area (Å²) in [4.78, 5) is 11.5. The van der Waals surface area contributed by atoms with Gasteiger partial charge >= 0.3 is 5.97 Å². The van der Waals surface area contributed by atoms with Crippen LogP contribution in [-0.2, 0) is 26.4 Å². The normalized spacial score (nSPS) is 13.8. The first-order valence-electron chi connectivity index (χ1n) is 9.47. The van der Waals surface area contributed by atoms with Gasteiger partial charge in [0.1, 0.15) is 6.61 Å². The highest BCUT2D eigenvalue weighted by molar-refractivity contribution is 5.66. The molecule has 0 aromatic heterocycles. The van der Waals surface area contributed by atoms with Crippen molar-refractivity contribution >= 4 is 5.97 Å². The molecule has 2 aromatic rings. The monoisotopic (exact) mass is 369 g/mol. The predicted octanol–water partition coefficient (Wildman–Crippen LogP) is 4.44. The molecule has 0 saturated heterocycles. The second kappa shape index (κ2) is 9.67. The van der Waals surface area contributed by atoms with Crippen LogP contribution in [0.5, 0.6) is 0 Å². The minimum atomic E-state index is -0.466. The molecule has 0 fully saturated rings. The Bertz CT molecular complexity index is 700. The molecule has 4 nitrogen and oxygen atoms in total. The number of carbonyl (C=O) groups excluding carboxylic acids is 1. The van der Waals surface area contributed by atoms with Crippen molar-refractivity contribution in [2.75, 3.05) is 13.2 Å². The summed E-state index contributed by atoms with van der Waals surface area (Å²) >= 11 is 0. The Hall–Kier alpha value is -2.17. The Balaban J connectivity index is 2.10. The van der Waals surface area contributed by atoms with Gasteiger partial charge in [-0.25, -0.2) is 0 Å². The van der Waals surface area contributed by atoms with Crippen molar-refractivity contribution in [3.8, 4) is 0 Å². The molecule has 2 rings (SSSR count). The first kappa shape index (κ1) is 21.1. The van der Waals surface area contributed by atoms with Gasteiger partial charge in [0.2, 0.25) is 0 Å². The Kier molecular flexibility index (Phi) is 7.57. The van der Waals surface area contributed by atoms with Crippen molar-refractivity contribution in [2.45, 2.75) is 51.8 Å². The van der Waals surface area contributed by atoms with Crippen molar-refractivity contribution in [3.63, 3.8) is 0 Å². The number of nitrogens with one attached hydrogen (secondary N) is 1. The fraction of sp³-hybridized carbons (Fsp3) is 0.435. The van der Waals surface area contributed by atoms with E-state index in [1.807, 2.05) is 36.4 Å². The predicted molar refractivity (Wildman–Crippen MR) is 108 cm³/mol. The van der Waals surface area contributed by atoms with Crippen LogP contribution in [0.2, 0.25) is 0 Å². The van der Waals surface area contributed by atoms with Gasteiger partial charge in [0, 0.05) is 12.5 Å². The Labute approximate surface area is 162 Å². The minimum Gasteiger partial charge on any atom is -0.464 e. The van der Waals surface area contributed by atoms with Gasteiger partial charge in [-0.1, -0.05) is 67.6 Å². The molecular weight excluding hydrogens is 338 g/mol. The first-order valence-corrected chi connectivity index (χ1v) is 9.47. The molecule has 2 aromatic carbocycles. The van der Waals surface area contributed by atoms with E-state index in [1.54, 1.807) is 0 Å². The summed E-state index contributed by atoms with van der Waals surface area (Å²) in [5.74, 6) is -0.274. The van der Waals surface area contributed by atoms with Crippen LogP contribution in [0.15, 0.2) is 60.7 Å². The fourth-order valence-corrected chi connectivity index (χ4v) is 3.25. The lowest BCUT2D eigenvalue weighted by atomic mass is 9.85. The molecule has 0 bridgehead atoms. The third-order valence-corrected chi connectivity index (χ3v) is 4.60. The van der Waals surface area contributed by atoms with E-state index >= 15 is 0 Å². The first-order chi connectivity index (χ1) is 12.9. The highest BCUT2D eigenvalue weighted by Crippen LogP contribution is 2.29. The molecule has 4 heteroatoms. The van der Waals surface area contributed by atoms with Gasteiger partial charge in [0.15, 0.2) is 0 Å². The quantitative estimate of drug-likeness (QED) is 0.629. The number of carbonyl (C=O) groups is 1. The second-order valence-electron chi connectivity index (χ2n) is 7.57. The summed E-state index contributed by atoms with van der Waals surface area (Å²) < 4.78 is 11.4. The second-order valence-corrected chi connectivity index (χ2v) is 7.57. The Morgan fingerprint density at radius 2 is 1.56 bits per heavy atom. The largest absolute Gasteiger partial charge is 0.464 e. The van der Waals surface area contributed by atoms with Gasteiger partial charge in [0.05, 0.1) is 18.8 Å². The number of ether oxygens (including phenoxy) is 2. The molecule has 1 N–H and O–H groups in total. The SMILES string of the molecule is CCC(COC(C)=O)(NC(C)(C)COCc1ccccc1)c1ccccc1. The van der Waals surface area contributed by atoms with E-state index in [9.17, 15) is 4.79 Å². The Morgan fingerprint density at radius 1 is 0.963 bits per heavy atom. The lowest BCUT2D eigenvalue weighted by Gasteiger charge is -2.41. The average Bonchev–Trinajstić information content (AvgIpc) is 2.66. The van der Waals surface area contributed by atoms with E-state index in [1.165, 1.54) is 6.92 Å². The van der Waals surface area contributed by atoms with E-state index in [2.05, 4.69) is 50.4 Å². The Morgan fingerprint density at radius 3 is 2.11 bits per heavy atom. The smallest absolute Gasteiger partial charge is 0.302 e. The van der Waals surface area contributed by atoms with E-state index in [0.29, 0.717) is 13.2 Å². The van der Waals surface area contributed by atoms with Crippen molar-refractivity contribution in [1.82, 2.24) is 5.32 Å². The lowest BCUT2D eigenvalue weighted by molar-refractivity contribution is -0.144. The maximum absolute atomic E-state index is 11.5. The van der Waals surface area contributed by atoms with Gasteiger partial charge in [-0.05, 0) is 31.4 Å².